The van der Waals surface area contributed by atoms with Crippen LogP contribution in [0.2, 0.25) is 0 Å². The van der Waals surface area contributed by atoms with Gasteiger partial charge in [0.2, 0.25) is 0 Å². The van der Waals surface area contributed by atoms with Crippen LogP contribution in [0.3, 0.4) is 0 Å². The summed E-state index contributed by atoms with van der Waals surface area (Å²) in [6.45, 7) is 5.89. The summed E-state index contributed by atoms with van der Waals surface area (Å²) in [6.07, 6.45) is 0. The molecule has 2 N–H and O–H groups in total. The molecule has 0 saturated carbocycles. The molecule has 1 unspecified atom stereocenters. The molecule has 0 aliphatic carbocycles. The van der Waals surface area contributed by atoms with Crippen LogP contribution < -0.4 is 10.8 Å². The summed E-state index contributed by atoms with van der Waals surface area (Å²) in [5.74, 6) is -0.596. The van der Waals surface area contributed by atoms with Crippen LogP contribution in [0.15, 0.2) is 17.5 Å². The molecule has 2 amide bonds. The van der Waals surface area contributed by atoms with Gasteiger partial charge in [-0.25, -0.2) is 5.48 Å². The Kier molecular flexibility index (Phi) is 5.80. The molecule has 0 aromatic carbocycles. The maximum atomic E-state index is 11.9. The van der Waals surface area contributed by atoms with Crippen molar-refractivity contribution in [2.45, 2.75) is 26.8 Å². The van der Waals surface area contributed by atoms with E-state index in [1.54, 1.807) is 19.1 Å². The molecular weight excluding hydrogens is 252 g/mol. The predicted molar refractivity (Wildman–Crippen MR) is 70.2 cm³/mol. The Balaban J connectivity index is 2.63. The van der Waals surface area contributed by atoms with Crippen LogP contribution >= 0.6 is 11.3 Å². The second-order valence-electron chi connectivity index (χ2n) is 4.07. The lowest BCUT2D eigenvalue weighted by atomic mass is 10.0. The number of nitrogens with one attached hydrogen (secondary N) is 2. The lowest BCUT2D eigenvalue weighted by Gasteiger charge is -2.20. The van der Waals surface area contributed by atoms with Crippen molar-refractivity contribution in [1.29, 1.82) is 0 Å². The molecule has 0 spiro atoms. The highest BCUT2D eigenvalue weighted by Crippen LogP contribution is 2.10. The van der Waals surface area contributed by atoms with E-state index in [1.165, 1.54) is 11.3 Å². The smallest absolute Gasteiger partial charge is 0.266 e. The van der Waals surface area contributed by atoms with Gasteiger partial charge in [0.15, 0.2) is 0 Å². The summed E-state index contributed by atoms with van der Waals surface area (Å²) < 4.78 is 0. The van der Waals surface area contributed by atoms with Crippen LogP contribution in [0.1, 0.15) is 30.4 Å². The van der Waals surface area contributed by atoms with Gasteiger partial charge in [0.05, 0.1) is 11.5 Å². The van der Waals surface area contributed by atoms with Crippen LogP contribution in [-0.4, -0.2) is 24.5 Å². The van der Waals surface area contributed by atoms with Crippen molar-refractivity contribution >= 4 is 23.2 Å². The van der Waals surface area contributed by atoms with Crippen LogP contribution in [0.5, 0.6) is 0 Å². The van der Waals surface area contributed by atoms with Crippen molar-refractivity contribution in [2.75, 3.05) is 6.61 Å². The van der Waals surface area contributed by atoms with Crippen molar-refractivity contribution in [1.82, 2.24) is 10.8 Å². The summed E-state index contributed by atoms with van der Waals surface area (Å²) in [5.41, 5.74) is 2.31. The molecule has 0 saturated heterocycles. The molecule has 0 radical (unpaired) electrons. The van der Waals surface area contributed by atoms with Crippen molar-refractivity contribution in [2.24, 2.45) is 5.92 Å². The summed E-state index contributed by atoms with van der Waals surface area (Å²) in [5, 5.41) is 4.53. The van der Waals surface area contributed by atoms with E-state index >= 15 is 0 Å². The van der Waals surface area contributed by atoms with Crippen molar-refractivity contribution in [3.63, 3.8) is 0 Å². The van der Waals surface area contributed by atoms with Gasteiger partial charge in [0, 0.05) is 0 Å². The first-order chi connectivity index (χ1) is 8.56. The molecule has 1 heterocycles. The van der Waals surface area contributed by atoms with Gasteiger partial charge in [0.25, 0.3) is 11.8 Å². The maximum Gasteiger partial charge on any atom is 0.266 e. The van der Waals surface area contributed by atoms with E-state index in [4.69, 9.17) is 4.84 Å². The Morgan fingerprint density at radius 2 is 2.17 bits per heavy atom. The van der Waals surface area contributed by atoms with Gasteiger partial charge in [-0.1, -0.05) is 19.9 Å². The molecule has 100 valence electrons. The Labute approximate surface area is 110 Å². The van der Waals surface area contributed by atoms with Gasteiger partial charge < -0.3 is 5.32 Å². The molecule has 1 aromatic heterocycles. The summed E-state index contributed by atoms with van der Waals surface area (Å²) in [4.78, 5) is 29.1. The number of hydrogen-bond donors (Lipinski definition) is 2. The zero-order valence-electron chi connectivity index (χ0n) is 10.7. The van der Waals surface area contributed by atoms with Crippen LogP contribution in [0.4, 0.5) is 0 Å². The average Bonchev–Trinajstić information content (AvgIpc) is 2.86. The van der Waals surface area contributed by atoms with E-state index in [0.717, 1.165) is 0 Å². The van der Waals surface area contributed by atoms with Gasteiger partial charge in [-0.2, -0.15) is 0 Å². The Bertz CT molecular complexity index is 390. The number of carbonyl (C=O) groups excluding carboxylic acids is 2. The van der Waals surface area contributed by atoms with Gasteiger partial charge in [0.1, 0.15) is 6.04 Å². The first-order valence-corrected chi connectivity index (χ1v) is 6.70. The topological polar surface area (TPSA) is 67.4 Å². The van der Waals surface area contributed by atoms with Crippen molar-refractivity contribution < 1.29 is 14.4 Å². The Morgan fingerprint density at radius 3 is 2.67 bits per heavy atom. The number of rotatable bonds is 6. The quantitative estimate of drug-likeness (QED) is 0.771. The normalized spacial score (nSPS) is 12.2. The van der Waals surface area contributed by atoms with Crippen LogP contribution in [-0.2, 0) is 9.63 Å². The van der Waals surface area contributed by atoms with E-state index < -0.39 is 6.04 Å². The third-order valence-electron chi connectivity index (χ3n) is 2.30. The molecule has 0 aliphatic heterocycles. The SMILES string of the molecule is CCONC(=O)C(NC(=O)c1cccs1)C(C)C. The fraction of sp³-hybridized carbons (Fsp3) is 0.500. The number of hydroxylamine groups is 1. The molecule has 0 aliphatic rings. The van der Waals surface area contributed by atoms with Crippen LogP contribution in [0.25, 0.3) is 0 Å². The first-order valence-electron chi connectivity index (χ1n) is 5.82. The minimum Gasteiger partial charge on any atom is -0.339 e. The molecule has 6 heteroatoms. The van der Waals surface area contributed by atoms with E-state index in [1.807, 2.05) is 19.2 Å². The predicted octanol–water partition coefficient (Wildman–Crippen LogP) is 1.57. The fourth-order valence-electron chi connectivity index (χ4n) is 1.36. The monoisotopic (exact) mass is 270 g/mol. The fourth-order valence-corrected chi connectivity index (χ4v) is 1.99. The lowest BCUT2D eigenvalue weighted by molar-refractivity contribution is -0.136. The van der Waals surface area contributed by atoms with Gasteiger partial charge in [-0.15, -0.1) is 11.3 Å². The molecule has 1 rings (SSSR count). The standard InChI is InChI=1S/C12H18N2O3S/c1-4-17-14-12(16)10(8(2)3)13-11(15)9-6-5-7-18-9/h5-8,10H,4H2,1-3H3,(H,13,15)(H,14,16). The average molecular weight is 270 g/mol. The molecule has 0 bridgehead atoms. The summed E-state index contributed by atoms with van der Waals surface area (Å²) in [6, 6.07) is 2.91. The minimum atomic E-state index is -0.605. The van der Waals surface area contributed by atoms with Crippen molar-refractivity contribution in [3.8, 4) is 0 Å². The highest BCUT2D eigenvalue weighted by Gasteiger charge is 2.25. The van der Waals surface area contributed by atoms with E-state index in [2.05, 4.69) is 10.8 Å². The van der Waals surface area contributed by atoms with Crippen molar-refractivity contribution in [3.05, 3.63) is 22.4 Å². The third-order valence-corrected chi connectivity index (χ3v) is 3.17. The minimum absolute atomic E-state index is 0.0191. The van der Waals surface area contributed by atoms with Gasteiger partial charge in [-0.3, -0.25) is 14.4 Å². The second-order valence-corrected chi connectivity index (χ2v) is 5.02. The molecule has 18 heavy (non-hydrogen) atoms. The maximum absolute atomic E-state index is 11.9. The highest BCUT2D eigenvalue weighted by molar-refractivity contribution is 7.12. The number of amides is 2. The Hall–Kier alpha value is -1.40. The zero-order valence-corrected chi connectivity index (χ0v) is 11.5. The van der Waals surface area contributed by atoms with Gasteiger partial charge in [-0.05, 0) is 24.3 Å². The van der Waals surface area contributed by atoms with E-state index in [0.29, 0.717) is 11.5 Å². The largest absolute Gasteiger partial charge is 0.339 e. The second kappa shape index (κ2) is 7.13. The van der Waals surface area contributed by atoms with Gasteiger partial charge >= 0.3 is 0 Å². The number of thiophene rings is 1. The third kappa shape index (κ3) is 4.12. The summed E-state index contributed by atoms with van der Waals surface area (Å²) in [7, 11) is 0. The molecule has 5 nitrogen and oxygen atoms in total. The molecule has 1 aromatic rings. The highest BCUT2D eigenvalue weighted by atomic mass is 32.1. The molecule has 1 atom stereocenters. The van der Waals surface area contributed by atoms with Crippen LogP contribution in [0, 0.1) is 5.92 Å². The number of carbonyl (C=O) groups is 2. The van der Waals surface area contributed by atoms with E-state index in [-0.39, 0.29) is 17.7 Å². The van der Waals surface area contributed by atoms with E-state index in [9.17, 15) is 9.59 Å². The molecular formula is C12H18N2O3S. The summed E-state index contributed by atoms with van der Waals surface area (Å²) >= 11 is 1.34. The lowest BCUT2D eigenvalue weighted by Crippen LogP contribution is -2.49. The Morgan fingerprint density at radius 1 is 1.44 bits per heavy atom. The number of hydrogen-bond acceptors (Lipinski definition) is 4. The molecule has 0 fully saturated rings. The first kappa shape index (κ1) is 14.7. The zero-order chi connectivity index (χ0) is 13.5.